The molecule has 0 aromatic heterocycles. The second-order valence-corrected chi connectivity index (χ2v) is 8.91. The highest BCUT2D eigenvalue weighted by Gasteiger charge is 2.18. The van der Waals surface area contributed by atoms with E-state index in [2.05, 4.69) is 11.4 Å². The Kier molecular flexibility index (Phi) is 9.77. The first-order chi connectivity index (χ1) is 17.3. The third-order valence-corrected chi connectivity index (χ3v) is 6.11. The maximum atomic E-state index is 13.0. The predicted octanol–water partition coefficient (Wildman–Crippen LogP) is 6.16. The van der Waals surface area contributed by atoms with Gasteiger partial charge in [0.05, 0.1) is 20.1 Å². The van der Waals surface area contributed by atoms with Crippen LogP contribution in [0.1, 0.15) is 36.1 Å². The van der Waals surface area contributed by atoms with Gasteiger partial charge in [-0.2, -0.15) is 0 Å². The molecule has 6 nitrogen and oxygen atoms in total. The fourth-order valence-corrected chi connectivity index (χ4v) is 4.12. The van der Waals surface area contributed by atoms with E-state index in [1.54, 1.807) is 18.9 Å². The molecular formula is C29H33ClN2O4. The van der Waals surface area contributed by atoms with Crippen molar-refractivity contribution in [2.24, 2.45) is 0 Å². The van der Waals surface area contributed by atoms with Crippen LogP contribution in [-0.2, 0) is 29.0 Å². The number of ether oxygens (including phenoxy) is 2. The molecule has 3 aromatic rings. The lowest BCUT2D eigenvalue weighted by atomic mass is 9.94. The number of hydrogen-bond acceptors (Lipinski definition) is 4. The van der Waals surface area contributed by atoms with E-state index in [9.17, 15) is 9.59 Å². The van der Waals surface area contributed by atoms with Crippen molar-refractivity contribution in [2.45, 2.75) is 40.3 Å². The molecular weight excluding hydrogens is 476 g/mol. The third kappa shape index (κ3) is 7.25. The van der Waals surface area contributed by atoms with Gasteiger partial charge in [0.25, 0.3) is 0 Å². The summed E-state index contributed by atoms with van der Waals surface area (Å²) in [5, 5.41) is 3.66. The van der Waals surface area contributed by atoms with Crippen molar-refractivity contribution in [3.05, 3.63) is 87.9 Å². The average Bonchev–Trinajstić information content (AvgIpc) is 2.87. The minimum atomic E-state index is -0.271. The Hall–Kier alpha value is -3.51. The molecule has 3 rings (SSSR count). The maximum Gasteiger partial charge on any atom is 0.317 e. The number of methoxy groups -OCH3 is 1. The lowest BCUT2D eigenvalue weighted by Gasteiger charge is -2.24. The number of halogens is 1. The minimum Gasteiger partial charge on any atom is -0.496 e. The predicted molar refractivity (Wildman–Crippen MR) is 143 cm³/mol. The summed E-state index contributed by atoms with van der Waals surface area (Å²) < 4.78 is 10.8. The van der Waals surface area contributed by atoms with Crippen LogP contribution in [-0.4, -0.2) is 37.2 Å². The number of amides is 2. The van der Waals surface area contributed by atoms with Crippen LogP contribution in [0.15, 0.2) is 60.7 Å². The lowest BCUT2D eigenvalue weighted by molar-refractivity contribution is -0.142. The van der Waals surface area contributed by atoms with Gasteiger partial charge in [0.2, 0.25) is 0 Å². The quantitative estimate of drug-likeness (QED) is 0.333. The number of carbonyl (C=O) groups excluding carboxylic acids is 2. The van der Waals surface area contributed by atoms with Gasteiger partial charge in [-0.25, -0.2) is 4.79 Å². The van der Waals surface area contributed by atoms with Crippen LogP contribution in [0.4, 0.5) is 4.79 Å². The van der Waals surface area contributed by atoms with E-state index < -0.39 is 0 Å². The molecule has 0 saturated heterocycles. The molecule has 36 heavy (non-hydrogen) atoms. The number of aryl methyl sites for hydroxylation is 1. The zero-order valence-corrected chi connectivity index (χ0v) is 22.0. The summed E-state index contributed by atoms with van der Waals surface area (Å²) >= 11 is 5.96. The van der Waals surface area contributed by atoms with Gasteiger partial charge < -0.3 is 19.7 Å². The fourth-order valence-electron chi connectivity index (χ4n) is 3.99. The normalized spacial score (nSPS) is 10.6. The molecule has 0 aliphatic heterocycles. The molecule has 190 valence electrons. The number of carbonyl (C=O) groups is 2. The van der Waals surface area contributed by atoms with E-state index in [0.29, 0.717) is 37.0 Å². The Balaban J connectivity index is 1.86. The molecule has 7 heteroatoms. The van der Waals surface area contributed by atoms with Gasteiger partial charge in [-0.05, 0) is 67.3 Å². The van der Waals surface area contributed by atoms with Gasteiger partial charge in [0.15, 0.2) is 0 Å². The van der Waals surface area contributed by atoms with Crippen LogP contribution in [0.25, 0.3) is 11.1 Å². The van der Waals surface area contributed by atoms with E-state index in [-0.39, 0.29) is 18.4 Å². The Labute approximate surface area is 218 Å². The smallest absolute Gasteiger partial charge is 0.317 e. The SMILES string of the molecule is CCOC(=O)Cc1ccc(OC)c(-c2ccc(C)cc2CN(CC)C(=O)NCc2ccc(Cl)cc2)c1. The lowest BCUT2D eigenvalue weighted by Crippen LogP contribution is -2.39. The molecule has 0 fully saturated rings. The molecule has 3 aromatic carbocycles. The first-order valence-electron chi connectivity index (χ1n) is 12.0. The number of esters is 1. The van der Waals surface area contributed by atoms with Gasteiger partial charge in [0.1, 0.15) is 5.75 Å². The zero-order chi connectivity index (χ0) is 26.1. The monoisotopic (exact) mass is 508 g/mol. The van der Waals surface area contributed by atoms with Gasteiger partial charge >= 0.3 is 12.0 Å². The number of hydrogen-bond donors (Lipinski definition) is 1. The Morgan fingerprint density at radius 1 is 0.944 bits per heavy atom. The van der Waals surface area contributed by atoms with Crippen LogP contribution in [0, 0.1) is 6.92 Å². The van der Waals surface area contributed by atoms with E-state index in [0.717, 1.165) is 33.4 Å². The summed E-state index contributed by atoms with van der Waals surface area (Å²) in [6.45, 7) is 7.50. The first-order valence-corrected chi connectivity index (χ1v) is 12.4. The average molecular weight is 509 g/mol. The van der Waals surface area contributed by atoms with Crippen molar-refractivity contribution in [2.75, 3.05) is 20.3 Å². The molecule has 0 bridgehead atoms. The number of benzene rings is 3. The van der Waals surface area contributed by atoms with Crippen LogP contribution in [0.3, 0.4) is 0 Å². The van der Waals surface area contributed by atoms with E-state index in [4.69, 9.17) is 21.1 Å². The second kappa shape index (κ2) is 13.0. The second-order valence-electron chi connectivity index (χ2n) is 8.48. The summed E-state index contributed by atoms with van der Waals surface area (Å²) in [5.41, 5.74) is 5.71. The molecule has 0 unspecified atom stereocenters. The Morgan fingerprint density at radius 2 is 1.67 bits per heavy atom. The van der Waals surface area contributed by atoms with E-state index in [1.165, 1.54) is 0 Å². The summed E-state index contributed by atoms with van der Waals surface area (Å²) in [5.74, 6) is 0.426. The van der Waals surface area contributed by atoms with Crippen molar-refractivity contribution in [1.82, 2.24) is 10.2 Å². The molecule has 0 aliphatic carbocycles. The summed E-state index contributed by atoms with van der Waals surface area (Å²) in [6.07, 6.45) is 0.181. The molecule has 0 saturated carbocycles. The van der Waals surface area contributed by atoms with Crippen molar-refractivity contribution in [3.8, 4) is 16.9 Å². The minimum absolute atomic E-state index is 0.150. The van der Waals surface area contributed by atoms with Crippen molar-refractivity contribution >= 4 is 23.6 Å². The summed E-state index contributed by atoms with van der Waals surface area (Å²) in [6, 6.07) is 19.1. The molecule has 0 heterocycles. The maximum absolute atomic E-state index is 13.0. The van der Waals surface area contributed by atoms with Gasteiger partial charge in [-0.3, -0.25) is 4.79 Å². The van der Waals surface area contributed by atoms with Gasteiger partial charge in [0, 0.05) is 30.2 Å². The molecule has 0 aliphatic rings. The van der Waals surface area contributed by atoms with E-state index in [1.807, 2.05) is 68.4 Å². The van der Waals surface area contributed by atoms with Gasteiger partial charge in [-0.15, -0.1) is 0 Å². The molecule has 1 N–H and O–H groups in total. The highest BCUT2D eigenvalue weighted by Crippen LogP contribution is 2.34. The third-order valence-electron chi connectivity index (χ3n) is 5.86. The van der Waals surface area contributed by atoms with Crippen molar-refractivity contribution in [1.29, 1.82) is 0 Å². The van der Waals surface area contributed by atoms with Crippen molar-refractivity contribution < 1.29 is 19.1 Å². The number of nitrogens with one attached hydrogen (secondary N) is 1. The van der Waals surface area contributed by atoms with Gasteiger partial charge in [-0.1, -0.05) is 53.6 Å². The summed E-state index contributed by atoms with van der Waals surface area (Å²) in [4.78, 5) is 26.8. The molecule has 2 amide bonds. The van der Waals surface area contributed by atoms with E-state index >= 15 is 0 Å². The largest absolute Gasteiger partial charge is 0.496 e. The van der Waals surface area contributed by atoms with Crippen LogP contribution in [0.5, 0.6) is 5.75 Å². The topological polar surface area (TPSA) is 67.9 Å². The highest BCUT2D eigenvalue weighted by molar-refractivity contribution is 6.30. The Morgan fingerprint density at radius 3 is 2.33 bits per heavy atom. The first kappa shape index (κ1) is 27.1. The summed E-state index contributed by atoms with van der Waals surface area (Å²) in [7, 11) is 1.63. The molecule has 0 radical (unpaired) electrons. The van der Waals surface area contributed by atoms with Crippen LogP contribution < -0.4 is 10.1 Å². The standard InChI is InChI=1S/C29H33ClN2O4/c1-5-32(29(34)31-18-21-8-11-24(30)12-9-21)19-23-15-20(3)7-13-25(23)26-16-22(10-14-27(26)35-4)17-28(33)36-6-2/h7-16H,5-6,17-19H2,1-4H3,(H,31,34). The number of rotatable bonds is 10. The Bertz CT molecular complexity index is 1190. The van der Waals surface area contributed by atoms with Crippen molar-refractivity contribution in [3.63, 3.8) is 0 Å². The fraction of sp³-hybridized carbons (Fsp3) is 0.310. The molecule has 0 atom stereocenters. The number of urea groups is 1. The van der Waals surface area contributed by atoms with Crippen LogP contribution >= 0.6 is 11.6 Å². The number of nitrogens with zero attached hydrogens (tertiary/aromatic N) is 1. The van der Waals surface area contributed by atoms with Crippen LogP contribution in [0.2, 0.25) is 5.02 Å². The highest BCUT2D eigenvalue weighted by atomic mass is 35.5. The molecule has 0 spiro atoms. The zero-order valence-electron chi connectivity index (χ0n) is 21.3.